The van der Waals surface area contributed by atoms with Gasteiger partial charge in [0.05, 0.1) is 7.11 Å². The Morgan fingerprint density at radius 2 is 1.74 bits per heavy atom. The van der Waals surface area contributed by atoms with Crippen molar-refractivity contribution in [2.75, 3.05) is 7.11 Å². The van der Waals surface area contributed by atoms with Crippen LogP contribution >= 0.6 is 0 Å². The average molecular weight is 314 g/mol. The zero-order valence-electron chi connectivity index (χ0n) is 15.0. The van der Waals surface area contributed by atoms with Crippen LogP contribution in [0.4, 0.5) is 4.39 Å². The molecule has 0 bridgehead atoms. The predicted molar refractivity (Wildman–Crippen MR) is 95.6 cm³/mol. The van der Waals surface area contributed by atoms with Gasteiger partial charge in [0.1, 0.15) is 11.6 Å². The van der Waals surface area contributed by atoms with E-state index in [1.54, 1.807) is 19.2 Å². The molecule has 0 heterocycles. The Bertz CT molecular complexity index is 683. The molecular weight excluding hydrogens is 287 g/mol. The van der Waals surface area contributed by atoms with Crippen LogP contribution in [0.5, 0.6) is 5.75 Å². The molecular formula is C21H27FO. The van der Waals surface area contributed by atoms with E-state index < -0.39 is 0 Å². The zero-order valence-corrected chi connectivity index (χ0v) is 15.0. The van der Waals surface area contributed by atoms with Crippen molar-refractivity contribution in [3.63, 3.8) is 0 Å². The average Bonchev–Trinajstić information content (AvgIpc) is 2.53. The van der Waals surface area contributed by atoms with Crippen LogP contribution in [0.15, 0.2) is 36.4 Å². The van der Waals surface area contributed by atoms with E-state index in [4.69, 9.17) is 4.74 Å². The second-order valence-electron chi connectivity index (χ2n) is 7.21. The van der Waals surface area contributed by atoms with Crippen LogP contribution in [0.1, 0.15) is 51.7 Å². The SMILES string of the molecule is CCc1ccc(-c2cc(OC)ccc2F)c([C@@H](C)C(C)(C)C)c1. The van der Waals surface area contributed by atoms with Gasteiger partial charge in [0.15, 0.2) is 0 Å². The standard InChI is InChI=1S/C21H27FO/c1-7-15-8-10-17(18(12-15)14(2)21(3,4)5)19-13-16(23-6)9-11-20(19)22/h8-14H,7H2,1-6H3/t14-/m1/s1. The Hall–Kier alpha value is -1.83. The van der Waals surface area contributed by atoms with E-state index in [9.17, 15) is 4.39 Å². The summed E-state index contributed by atoms with van der Waals surface area (Å²) in [4.78, 5) is 0. The Labute approximate surface area is 139 Å². The fourth-order valence-electron chi connectivity index (χ4n) is 2.74. The topological polar surface area (TPSA) is 9.23 Å². The molecule has 0 saturated carbocycles. The summed E-state index contributed by atoms with van der Waals surface area (Å²) in [5.74, 6) is 0.780. The van der Waals surface area contributed by atoms with Gasteiger partial charge in [0.2, 0.25) is 0 Å². The van der Waals surface area contributed by atoms with Crippen molar-refractivity contribution >= 4 is 0 Å². The maximum atomic E-state index is 14.5. The minimum absolute atomic E-state index is 0.108. The minimum atomic E-state index is -0.211. The summed E-state index contributed by atoms with van der Waals surface area (Å²) in [7, 11) is 1.61. The second-order valence-corrected chi connectivity index (χ2v) is 7.21. The lowest BCUT2D eigenvalue weighted by molar-refractivity contribution is 0.340. The Kier molecular flexibility index (Phi) is 5.13. The van der Waals surface area contributed by atoms with Gasteiger partial charge in [-0.3, -0.25) is 0 Å². The van der Waals surface area contributed by atoms with Gasteiger partial charge in [-0.25, -0.2) is 4.39 Å². The van der Waals surface area contributed by atoms with Crippen LogP contribution in [0, 0.1) is 11.2 Å². The molecule has 0 unspecified atom stereocenters. The van der Waals surface area contributed by atoms with Crippen molar-refractivity contribution in [2.24, 2.45) is 5.41 Å². The molecule has 2 rings (SSSR count). The van der Waals surface area contributed by atoms with Crippen molar-refractivity contribution in [3.05, 3.63) is 53.3 Å². The van der Waals surface area contributed by atoms with Crippen LogP contribution in [-0.4, -0.2) is 7.11 Å². The number of hydrogen-bond donors (Lipinski definition) is 0. The van der Waals surface area contributed by atoms with Crippen molar-refractivity contribution < 1.29 is 9.13 Å². The summed E-state index contributed by atoms with van der Waals surface area (Å²) in [6, 6.07) is 11.3. The highest BCUT2D eigenvalue weighted by atomic mass is 19.1. The molecule has 124 valence electrons. The van der Waals surface area contributed by atoms with Gasteiger partial charge < -0.3 is 4.74 Å². The number of methoxy groups -OCH3 is 1. The van der Waals surface area contributed by atoms with E-state index in [1.807, 2.05) is 6.07 Å². The summed E-state index contributed by atoms with van der Waals surface area (Å²) >= 11 is 0. The van der Waals surface area contributed by atoms with Crippen molar-refractivity contribution in [1.82, 2.24) is 0 Å². The molecule has 0 spiro atoms. The quantitative estimate of drug-likeness (QED) is 0.651. The lowest BCUT2D eigenvalue weighted by Crippen LogP contribution is -2.16. The third kappa shape index (κ3) is 3.74. The van der Waals surface area contributed by atoms with Crippen molar-refractivity contribution in [3.8, 4) is 16.9 Å². The van der Waals surface area contributed by atoms with Crippen molar-refractivity contribution in [2.45, 2.75) is 47.0 Å². The Morgan fingerprint density at radius 1 is 1.04 bits per heavy atom. The first kappa shape index (κ1) is 17.5. The van der Waals surface area contributed by atoms with Crippen LogP contribution in [0.3, 0.4) is 0 Å². The van der Waals surface area contributed by atoms with Crippen molar-refractivity contribution in [1.29, 1.82) is 0 Å². The second kappa shape index (κ2) is 6.74. The summed E-state index contributed by atoms with van der Waals surface area (Å²) in [6.45, 7) is 11.0. The van der Waals surface area contributed by atoms with E-state index in [0.717, 1.165) is 12.0 Å². The summed E-state index contributed by atoms with van der Waals surface area (Å²) < 4.78 is 19.7. The maximum absolute atomic E-state index is 14.5. The van der Waals surface area contributed by atoms with Gasteiger partial charge >= 0.3 is 0 Å². The van der Waals surface area contributed by atoms with E-state index in [0.29, 0.717) is 17.2 Å². The normalized spacial score (nSPS) is 13.0. The molecule has 2 heteroatoms. The molecule has 0 aliphatic rings. The highest BCUT2D eigenvalue weighted by Crippen LogP contribution is 2.41. The molecule has 1 nitrogen and oxygen atoms in total. The van der Waals surface area contributed by atoms with E-state index in [1.165, 1.54) is 17.2 Å². The zero-order chi connectivity index (χ0) is 17.2. The van der Waals surface area contributed by atoms with E-state index in [-0.39, 0.29) is 11.2 Å². The summed E-state index contributed by atoms with van der Waals surface area (Å²) in [5, 5.41) is 0. The molecule has 2 aromatic rings. The van der Waals surface area contributed by atoms with Crippen LogP contribution in [0.25, 0.3) is 11.1 Å². The number of halogens is 1. The monoisotopic (exact) mass is 314 g/mol. The summed E-state index contributed by atoms with van der Waals surface area (Å²) in [6.07, 6.45) is 0.977. The number of ether oxygens (including phenoxy) is 1. The molecule has 0 fully saturated rings. The number of aryl methyl sites for hydroxylation is 1. The van der Waals surface area contributed by atoms with Gasteiger partial charge in [-0.05, 0) is 52.6 Å². The highest BCUT2D eigenvalue weighted by Gasteiger charge is 2.25. The molecule has 1 atom stereocenters. The fraction of sp³-hybridized carbons (Fsp3) is 0.429. The Morgan fingerprint density at radius 3 is 2.30 bits per heavy atom. The van der Waals surface area contributed by atoms with Gasteiger partial charge in [-0.2, -0.15) is 0 Å². The van der Waals surface area contributed by atoms with Gasteiger partial charge in [0, 0.05) is 5.56 Å². The van der Waals surface area contributed by atoms with Gasteiger partial charge in [-0.1, -0.05) is 52.8 Å². The van der Waals surface area contributed by atoms with Crippen LogP contribution < -0.4 is 4.74 Å². The third-order valence-electron chi connectivity index (χ3n) is 4.75. The van der Waals surface area contributed by atoms with Gasteiger partial charge in [-0.15, -0.1) is 0 Å². The molecule has 2 aromatic carbocycles. The first-order chi connectivity index (χ1) is 10.8. The molecule has 0 saturated heterocycles. The Balaban J connectivity index is 2.67. The predicted octanol–water partition coefficient (Wildman–Crippen LogP) is 6.21. The number of hydrogen-bond acceptors (Lipinski definition) is 1. The largest absolute Gasteiger partial charge is 0.497 e. The number of rotatable bonds is 4. The van der Waals surface area contributed by atoms with E-state index >= 15 is 0 Å². The van der Waals surface area contributed by atoms with E-state index in [2.05, 4.69) is 46.8 Å². The molecule has 0 aromatic heterocycles. The maximum Gasteiger partial charge on any atom is 0.131 e. The molecule has 0 aliphatic heterocycles. The van der Waals surface area contributed by atoms with Crippen LogP contribution in [0.2, 0.25) is 0 Å². The lowest BCUT2D eigenvalue weighted by Gasteiger charge is -2.30. The first-order valence-electron chi connectivity index (χ1n) is 8.24. The van der Waals surface area contributed by atoms with Crippen LogP contribution in [-0.2, 0) is 6.42 Å². The van der Waals surface area contributed by atoms with Gasteiger partial charge in [0.25, 0.3) is 0 Å². The highest BCUT2D eigenvalue weighted by molar-refractivity contribution is 5.70. The molecule has 0 N–H and O–H groups in total. The molecule has 0 aliphatic carbocycles. The first-order valence-corrected chi connectivity index (χ1v) is 8.24. The smallest absolute Gasteiger partial charge is 0.131 e. The molecule has 23 heavy (non-hydrogen) atoms. The third-order valence-corrected chi connectivity index (χ3v) is 4.75. The number of benzene rings is 2. The molecule has 0 radical (unpaired) electrons. The molecule has 0 amide bonds. The fourth-order valence-corrected chi connectivity index (χ4v) is 2.74. The summed E-state index contributed by atoms with van der Waals surface area (Å²) in [5.41, 5.74) is 4.16. The minimum Gasteiger partial charge on any atom is -0.497 e. The lowest BCUT2D eigenvalue weighted by atomic mass is 9.75.